The number of rotatable bonds is 8. The van der Waals surface area contributed by atoms with E-state index in [2.05, 4.69) is 30.3 Å². The van der Waals surface area contributed by atoms with E-state index >= 15 is 0 Å². The van der Waals surface area contributed by atoms with Gasteiger partial charge in [-0.1, -0.05) is 19.1 Å². The van der Waals surface area contributed by atoms with Crippen molar-refractivity contribution in [1.29, 1.82) is 0 Å². The van der Waals surface area contributed by atoms with Crippen LogP contribution in [0.3, 0.4) is 0 Å². The molecule has 0 spiro atoms. The third-order valence-electron chi connectivity index (χ3n) is 5.69. The molecule has 5 N–H and O–H groups in total. The Bertz CT molecular complexity index is 1230. The summed E-state index contributed by atoms with van der Waals surface area (Å²) in [5, 5.41) is 23.6. The summed E-state index contributed by atoms with van der Waals surface area (Å²) in [6, 6.07) is 8.83. The van der Waals surface area contributed by atoms with Gasteiger partial charge < -0.3 is 20.4 Å². The minimum Gasteiger partial charge on any atom is -0.473 e. The topological polar surface area (TPSA) is 160 Å². The molecular weight excluding hydrogens is 506 g/mol. The van der Waals surface area contributed by atoms with E-state index < -0.39 is 26.0 Å². The lowest BCUT2D eigenvalue weighted by Crippen LogP contribution is -2.36. The van der Waals surface area contributed by atoms with Crippen molar-refractivity contribution in [3.05, 3.63) is 35.9 Å². The van der Waals surface area contributed by atoms with Crippen LogP contribution in [0.4, 0.5) is 28.1 Å². The summed E-state index contributed by atoms with van der Waals surface area (Å²) in [5.41, 5.74) is 4.49. The van der Waals surface area contributed by atoms with E-state index in [-0.39, 0.29) is 18.0 Å². The first kappa shape index (κ1) is 26.1. The third-order valence-corrected chi connectivity index (χ3v) is 8.09. The van der Waals surface area contributed by atoms with Crippen molar-refractivity contribution in [1.82, 2.24) is 14.4 Å². The average Bonchev–Trinajstić information content (AvgIpc) is 3.18. The number of hydrazine groups is 1. The summed E-state index contributed by atoms with van der Waals surface area (Å²) in [6.07, 6.45) is 2.07. The summed E-state index contributed by atoms with van der Waals surface area (Å²) < 4.78 is 26.9. The Kier molecular flexibility index (Phi) is 7.97. The van der Waals surface area contributed by atoms with E-state index in [1.54, 1.807) is 21.9 Å². The SMILES string of the molecule is CC1C=S(C(=O)O)N(Nc2nc(NCc3ccc(NS(C)(=O)=O)cc3)cc(N3CCC(O)CC3)n2)C1. The number of carboxylic acid groups (broad SMARTS) is 1. The first-order valence-electron chi connectivity index (χ1n) is 11.5. The molecule has 1 aromatic heterocycles. The summed E-state index contributed by atoms with van der Waals surface area (Å²) in [7, 11) is -4.44. The maximum absolute atomic E-state index is 11.7. The van der Waals surface area contributed by atoms with Crippen LogP contribution in [-0.4, -0.2) is 75.7 Å². The van der Waals surface area contributed by atoms with E-state index in [1.807, 2.05) is 25.1 Å². The van der Waals surface area contributed by atoms with Crippen LogP contribution in [0.25, 0.3) is 0 Å². The van der Waals surface area contributed by atoms with Crippen LogP contribution in [0.2, 0.25) is 0 Å². The number of hydrogen-bond acceptors (Lipinski definition) is 10. The number of piperidine rings is 1. The predicted octanol–water partition coefficient (Wildman–Crippen LogP) is 2.36. The zero-order valence-corrected chi connectivity index (χ0v) is 21.7. The van der Waals surface area contributed by atoms with Crippen molar-refractivity contribution >= 4 is 54.6 Å². The molecule has 1 aromatic carbocycles. The van der Waals surface area contributed by atoms with E-state index in [9.17, 15) is 23.4 Å². The van der Waals surface area contributed by atoms with Gasteiger partial charge in [0, 0.05) is 48.6 Å². The molecule has 1 saturated heterocycles. The summed E-state index contributed by atoms with van der Waals surface area (Å²) in [4.78, 5) is 23.0. The second kappa shape index (κ2) is 11.0. The zero-order chi connectivity index (χ0) is 25.9. The largest absolute Gasteiger partial charge is 0.473 e. The Morgan fingerprint density at radius 1 is 1.19 bits per heavy atom. The standard InChI is InChI=1S/C22H31N7O5S2/c1-15-13-29(35(14-15)22(31)32)26-21-24-19(11-20(25-21)28-9-7-18(30)8-10-28)23-12-16-3-5-17(6-4-16)27-36(2,33)34/h3-6,11,14-15,18,27,30H,7-10,12-13H2,1-2H3,(H,31,32)(H2,23,24,25,26). The minimum absolute atomic E-state index is 0.112. The van der Waals surface area contributed by atoms with Crippen LogP contribution in [0.5, 0.6) is 0 Å². The highest BCUT2D eigenvalue weighted by Gasteiger charge is 2.27. The molecule has 0 bridgehead atoms. The Balaban J connectivity index is 1.52. The number of anilines is 4. The predicted molar refractivity (Wildman–Crippen MR) is 143 cm³/mol. The number of sulfonamides is 1. The van der Waals surface area contributed by atoms with Crippen molar-refractivity contribution in [2.75, 3.05) is 46.3 Å². The molecule has 4 rings (SSSR count). The van der Waals surface area contributed by atoms with Gasteiger partial charge in [0.15, 0.2) is 0 Å². The molecule has 14 heteroatoms. The number of nitrogens with one attached hydrogen (secondary N) is 3. The molecule has 196 valence electrons. The number of aromatic nitrogens is 2. The summed E-state index contributed by atoms with van der Waals surface area (Å²) in [5.74, 6) is 1.64. The van der Waals surface area contributed by atoms with Gasteiger partial charge in [-0.2, -0.15) is 14.4 Å². The number of aliphatic hydroxyl groups excluding tert-OH is 1. The number of aliphatic hydroxyl groups is 1. The smallest absolute Gasteiger partial charge is 0.374 e. The second-order valence-corrected chi connectivity index (χ2v) is 12.4. The molecule has 36 heavy (non-hydrogen) atoms. The molecule has 0 amide bonds. The van der Waals surface area contributed by atoms with Gasteiger partial charge in [0.1, 0.15) is 11.6 Å². The maximum Gasteiger partial charge on any atom is 0.374 e. The molecule has 1 fully saturated rings. The highest BCUT2D eigenvalue weighted by Crippen LogP contribution is 2.30. The molecule has 2 atom stereocenters. The first-order valence-corrected chi connectivity index (χ1v) is 14.7. The van der Waals surface area contributed by atoms with Gasteiger partial charge >= 0.3 is 5.30 Å². The van der Waals surface area contributed by atoms with Crippen molar-refractivity contribution in [2.45, 2.75) is 32.4 Å². The molecule has 12 nitrogen and oxygen atoms in total. The number of hydrogen-bond donors (Lipinski definition) is 5. The molecule has 2 aliphatic rings. The van der Waals surface area contributed by atoms with E-state index in [0.29, 0.717) is 56.3 Å². The normalized spacial score (nSPS) is 21.1. The fraction of sp³-hybridized carbons (Fsp3) is 0.455. The quantitative estimate of drug-likeness (QED) is 0.315. The number of carbonyl (C=O) groups is 1. The Morgan fingerprint density at radius 2 is 1.89 bits per heavy atom. The Morgan fingerprint density at radius 3 is 2.53 bits per heavy atom. The van der Waals surface area contributed by atoms with Gasteiger partial charge in [-0.05, 0) is 41.8 Å². The lowest BCUT2D eigenvalue weighted by Gasteiger charge is -2.31. The van der Waals surface area contributed by atoms with E-state index in [0.717, 1.165) is 11.8 Å². The van der Waals surface area contributed by atoms with Gasteiger partial charge in [0.2, 0.25) is 16.0 Å². The second-order valence-electron chi connectivity index (χ2n) is 8.94. The third kappa shape index (κ3) is 7.06. The molecule has 2 unspecified atom stereocenters. The Hall–Kier alpha value is -2.94. The van der Waals surface area contributed by atoms with Crippen LogP contribution in [-0.2, 0) is 16.6 Å². The average molecular weight is 538 g/mol. The first-order chi connectivity index (χ1) is 17.1. The van der Waals surface area contributed by atoms with Crippen molar-refractivity contribution in [3.8, 4) is 0 Å². The monoisotopic (exact) mass is 537 g/mol. The van der Waals surface area contributed by atoms with Crippen LogP contribution < -0.4 is 20.4 Å². The zero-order valence-electron chi connectivity index (χ0n) is 20.1. The van der Waals surface area contributed by atoms with Gasteiger partial charge in [-0.25, -0.2) is 13.2 Å². The van der Waals surface area contributed by atoms with Crippen LogP contribution in [0.1, 0.15) is 25.3 Å². The molecule has 2 aromatic rings. The molecule has 0 radical (unpaired) electrons. The van der Waals surface area contributed by atoms with Crippen LogP contribution in [0.15, 0.2) is 30.3 Å². The highest BCUT2D eigenvalue weighted by atomic mass is 32.2. The lowest BCUT2D eigenvalue weighted by molar-refractivity contribution is 0.145. The van der Waals surface area contributed by atoms with Gasteiger partial charge in [-0.3, -0.25) is 10.1 Å². The van der Waals surface area contributed by atoms with Crippen molar-refractivity contribution in [3.63, 3.8) is 0 Å². The molecule has 3 heterocycles. The van der Waals surface area contributed by atoms with Crippen LogP contribution >= 0.6 is 10.7 Å². The Labute approximate surface area is 212 Å². The maximum atomic E-state index is 11.7. The molecular formula is C22H31N7O5S2. The van der Waals surface area contributed by atoms with Crippen LogP contribution in [0, 0.1) is 5.92 Å². The number of nitrogens with zero attached hydrogens (tertiary/aromatic N) is 4. The van der Waals surface area contributed by atoms with Gasteiger partial charge in [0.25, 0.3) is 0 Å². The number of benzene rings is 1. The lowest BCUT2D eigenvalue weighted by atomic mass is 10.1. The van der Waals surface area contributed by atoms with E-state index in [1.165, 1.54) is 0 Å². The highest BCUT2D eigenvalue weighted by molar-refractivity contribution is 8.25. The van der Waals surface area contributed by atoms with Gasteiger partial charge in [-0.15, -0.1) is 0 Å². The van der Waals surface area contributed by atoms with Crippen molar-refractivity contribution < 1.29 is 23.4 Å². The molecule has 0 saturated carbocycles. The molecule has 0 aliphatic carbocycles. The minimum atomic E-state index is -3.34. The van der Waals surface area contributed by atoms with Gasteiger partial charge in [0.05, 0.1) is 12.4 Å². The fourth-order valence-electron chi connectivity index (χ4n) is 3.97. The summed E-state index contributed by atoms with van der Waals surface area (Å²) >= 11 is 0. The van der Waals surface area contributed by atoms with Crippen molar-refractivity contribution in [2.24, 2.45) is 5.92 Å². The van der Waals surface area contributed by atoms with E-state index in [4.69, 9.17) is 0 Å². The fourth-order valence-corrected chi connectivity index (χ4v) is 6.08. The molecule has 2 aliphatic heterocycles. The summed E-state index contributed by atoms with van der Waals surface area (Å²) in [6.45, 7) is 4.22.